The third-order valence-corrected chi connectivity index (χ3v) is 4.82. The lowest BCUT2D eigenvalue weighted by molar-refractivity contribution is -0.150. The Morgan fingerprint density at radius 1 is 1.46 bits per heavy atom. The summed E-state index contributed by atoms with van der Waals surface area (Å²) in [6.45, 7) is 3.18. The van der Waals surface area contributed by atoms with Crippen molar-refractivity contribution in [3.63, 3.8) is 0 Å². The molecule has 0 bridgehead atoms. The van der Waals surface area contributed by atoms with Crippen molar-refractivity contribution in [2.45, 2.75) is 26.4 Å². The van der Waals surface area contributed by atoms with E-state index >= 15 is 0 Å². The monoisotopic (exact) mass is 415 g/mol. The van der Waals surface area contributed by atoms with Crippen molar-refractivity contribution < 1.29 is 23.5 Å². The zero-order valence-corrected chi connectivity index (χ0v) is 15.4. The van der Waals surface area contributed by atoms with Gasteiger partial charge in [0, 0.05) is 0 Å². The number of carbonyl (C=O) groups is 3. The van der Waals surface area contributed by atoms with Crippen molar-refractivity contribution in [3.05, 3.63) is 39.0 Å². The van der Waals surface area contributed by atoms with Crippen LogP contribution in [0.15, 0.2) is 27.6 Å². The lowest BCUT2D eigenvalue weighted by Gasteiger charge is -2.14. The number of hydrogen-bond acceptors (Lipinski definition) is 5. The molecule has 2 amide bonds. The van der Waals surface area contributed by atoms with Crippen molar-refractivity contribution in [2.75, 3.05) is 6.54 Å². The van der Waals surface area contributed by atoms with Crippen LogP contribution in [0.4, 0.5) is 9.18 Å². The molecule has 24 heavy (non-hydrogen) atoms. The summed E-state index contributed by atoms with van der Waals surface area (Å²) in [7, 11) is 0. The molecular weight excluding hydrogens is 401 g/mol. The van der Waals surface area contributed by atoms with Gasteiger partial charge >= 0.3 is 5.97 Å². The fourth-order valence-electron chi connectivity index (χ4n) is 1.86. The van der Waals surface area contributed by atoms with E-state index in [1.54, 1.807) is 6.92 Å². The summed E-state index contributed by atoms with van der Waals surface area (Å²) in [6.07, 6.45) is 1.85. The molecule has 1 aliphatic heterocycles. The molecule has 128 valence electrons. The van der Waals surface area contributed by atoms with Gasteiger partial charge in [0.25, 0.3) is 11.1 Å². The second-order valence-electron chi connectivity index (χ2n) is 5.15. The molecule has 0 spiro atoms. The molecule has 1 atom stereocenters. The number of nitrogens with zero attached hydrogens (tertiary/aromatic N) is 1. The minimum absolute atomic E-state index is 0.176. The van der Waals surface area contributed by atoms with E-state index in [9.17, 15) is 18.8 Å². The summed E-state index contributed by atoms with van der Waals surface area (Å²) in [4.78, 5) is 37.0. The largest absolute Gasteiger partial charge is 0.461 e. The number of rotatable bonds is 5. The molecule has 1 aliphatic rings. The Morgan fingerprint density at radius 2 is 2.17 bits per heavy atom. The van der Waals surface area contributed by atoms with E-state index in [0.29, 0.717) is 12.0 Å². The number of amides is 2. The number of benzene rings is 1. The Bertz CT molecular complexity index is 722. The van der Waals surface area contributed by atoms with E-state index in [0.717, 1.165) is 16.7 Å². The van der Waals surface area contributed by atoms with Crippen LogP contribution in [0.25, 0.3) is 6.08 Å². The number of thioether (sulfide) groups is 1. The molecule has 0 radical (unpaired) electrons. The van der Waals surface area contributed by atoms with Gasteiger partial charge in [-0.3, -0.25) is 19.3 Å². The number of imide groups is 1. The molecule has 8 heteroatoms. The van der Waals surface area contributed by atoms with Crippen molar-refractivity contribution >= 4 is 50.9 Å². The Hall–Kier alpha value is -1.67. The Morgan fingerprint density at radius 3 is 2.79 bits per heavy atom. The first-order chi connectivity index (χ1) is 11.3. The molecule has 1 aromatic carbocycles. The van der Waals surface area contributed by atoms with Gasteiger partial charge in [0.15, 0.2) is 0 Å². The zero-order valence-electron chi connectivity index (χ0n) is 13.0. The predicted molar refractivity (Wildman–Crippen MR) is 92.6 cm³/mol. The fraction of sp³-hybridized carbons (Fsp3) is 0.312. The quantitative estimate of drug-likeness (QED) is 0.537. The van der Waals surface area contributed by atoms with Crippen molar-refractivity contribution in [1.82, 2.24) is 4.90 Å². The predicted octanol–water partition coefficient (Wildman–Crippen LogP) is 3.97. The zero-order chi connectivity index (χ0) is 17.9. The second-order valence-corrected chi connectivity index (χ2v) is 7.00. The topological polar surface area (TPSA) is 63.7 Å². The van der Waals surface area contributed by atoms with Crippen LogP contribution in [0.5, 0.6) is 0 Å². The first kappa shape index (κ1) is 18.7. The number of carbonyl (C=O) groups excluding carboxylic acids is 3. The standard InChI is InChI=1S/C16H15BrFNO4S/c1-3-9(2)23-14(20)8-19-15(21)13(24-16(19)22)7-10-4-5-12(18)11(17)6-10/h4-7,9H,3,8H2,1-2H3/b13-7+/t9-/m1/s1. The maximum Gasteiger partial charge on any atom is 0.326 e. The molecule has 1 saturated heterocycles. The molecule has 2 rings (SSSR count). The molecule has 1 aromatic rings. The first-order valence-corrected chi connectivity index (χ1v) is 8.82. The third-order valence-electron chi connectivity index (χ3n) is 3.31. The summed E-state index contributed by atoms with van der Waals surface area (Å²) in [6, 6.07) is 4.25. The van der Waals surface area contributed by atoms with Crippen LogP contribution in [0.1, 0.15) is 25.8 Å². The van der Waals surface area contributed by atoms with Gasteiger partial charge in [0.1, 0.15) is 12.4 Å². The van der Waals surface area contributed by atoms with Gasteiger partial charge in [-0.25, -0.2) is 4.39 Å². The molecule has 0 aliphatic carbocycles. The Kier molecular flexibility index (Phi) is 6.17. The van der Waals surface area contributed by atoms with E-state index in [1.807, 2.05) is 6.92 Å². The van der Waals surface area contributed by atoms with Crippen molar-refractivity contribution in [1.29, 1.82) is 0 Å². The first-order valence-electron chi connectivity index (χ1n) is 7.21. The molecule has 0 unspecified atom stereocenters. The van der Waals surface area contributed by atoms with Crippen LogP contribution in [0.3, 0.4) is 0 Å². The maximum absolute atomic E-state index is 13.2. The van der Waals surface area contributed by atoms with Crippen molar-refractivity contribution in [2.24, 2.45) is 0 Å². The van der Waals surface area contributed by atoms with Gasteiger partial charge < -0.3 is 4.74 Å². The number of hydrogen-bond donors (Lipinski definition) is 0. The number of halogens is 2. The Balaban J connectivity index is 2.11. The maximum atomic E-state index is 13.2. The number of esters is 1. The summed E-state index contributed by atoms with van der Waals surface area (Å²) < 4.78 is 18.6. The van der Waals surface area contributed by atoms with Gasteiger partial charge in [-0.2, -0.15) is 0 Å². The average Bonchev–Trinajstić information content (AvgIpc) is 2.78. The average molecular weight is 416 g/mol. The molecule has 0 aromatic heterocycles. The summed E-state index contributed by atoms with van der Waals surface area (Å²) >= 11 is 3.80. The lowest BCUT2D eigenvalue weighted by atomic mass is 10.2. The fourth-order valence-corrected chi connectivity index (χ4v) is 3.10. The van der Waals surface area contributed by atoms with Gasteiger partial charge in [0.05, 0.1) is 15.5 Å². The summed E-state index contributed by atoms with van der Waals surface area (Å²) in [5.74, 6) is -1.61. The summed E-state index contributed by atoms with van der Waals surface area (Å²) in [5, 5.41) is -0.534. The molecule has 0 N–H and O–H groups in total. The van der Waals surface area contributed by atoms with Gasteiger partial charge in [-0.05, 0) is 64.8 Å². The summed E-state index contributed by atoms with van der Waals surface area (Å²) in [5.41, 5.74) is 0.566. The van der Waals surface area contributed by atoms with Crippen LogP contribution in [-0.2, 0) is 14.3 Å². The van der Waals surface area contributed by atoms with E-state index in [-0.39, 0.29) is 15.5 Å². The SMILES string of the molecule is CC[C@@H](C)OC(=O)CN1C(=O)S/C(=C/c2ccc(F)c(Br)c2)C1=O. The van der Waals surface area contributed by atoms with Gasteiger partial charge in [-0.1, -0.05) is 13.0 Å². The van der Waals surface area contributed by atoms with E-state index in [2.05, 4.69) is 15.9 Å². The highest BCUT2D eigenvalue weighted by molar-refractivity contribution is 9.10. The van der Waals surface area contributed by atoms with E-state index < -0.39 is 29.5 Å². The van der Waals surface area contributed by atoms with E-state index in [4.69, 9.17) is 4.74 Å². The van der Waals surface area contributed by atoms with Crippen LogP contribution in [-0.4, -0.2) is 34.7 Å². The smallest absolute Gasteiger partial charge is 0.326 e. The van der Waals surface area contributed by atoms with Crippen LogP contribution in [0, 0.1) is 5.82 Å². The molecule has 5 nitrogen and oxygen atoms in total. The van der Waals surface area contributed by atoms with Crippen molar-refractivity contribution in [3.8, 4) is 0 Å². The normalized spacial score (nSPS) is 17.5. The number of ether oxygens (including phenoxy) is 1. The van der Waals surface area contributed by atoms with Gasteiger partial charge in [0.2, 0.25) is 0 Å². The molecule has 0 saturated carbocycles. The highest BCUT2D eigenvalue weighted by Crippen LogP contribution is 2.32. The minimum Gasteiger partial charge on any atom is -0.461 e. The van der Waals surface area contributed by atoms with Crippen LogP contribution in [0.2, 0.25) is 0 Å². The molecule has 1 fully saturated rings. The molecular formula is C16H15BrFNO4S. The highest BCUT2D eigenvalue weighted by atomic mass is 79.9. The van der Waals surface area contributed by atoms with Crippen LogP contribution >= 0.6 is 27.7 Å². The van der Waals surface area contributed by atoms with Gasteiger partial charge in [-0.15, -0.1) is 0 Å². The minimum atomic E-state index is -0.627. The second kappa shape index (κ2) is 7.94. The Labute approximate surface area is 151 Å². The third kappa shape index (κ3) is 4.45. The highest BCUT2D eigenvalue weighted by Gasteiger charge is 2.36. The van der Waals surface area contributed by atoms with Crippen LogP contribution < -0.4 is 0 Å². The van der Waals surface area contributed by atoms with E-state index in [1.165, 1.54) is 24.3 Å². The lowest BCUT2D eigenvalue weighted by Crippen LogP contribution is -2.35. The molecule has 1 heterocycles.